The van der Waals surface area contributed by atoms with E-state index in [1.54, 1.807) is 6.26 Å². The summed E-state index contributed by atoms with van der Waals surface area (Å²) in [4.78, 5) is 9.16. The van der Waals surface area contributed by atoms with Gasteiger partial charge in [0, 0.05) is 6.54 Å². The molecule has 0 saturated heterocycles. The molecule has 4 nitrogen and oxygen atoms in total. The fraction of sp³-hybridized carbons (Fsp3) is 0.429. The lowest BCUT2D eigenvalue weighted by atomic mass is 10.2. The van der Waals surface area contributed by atoms with E-state index >= 15 is 0 Å². The van der Waals surface area contributed by atoms with Crippen LogP contribution in [0.3, 0.4) is 0 Å². The van der Waals surface area contributed by atoms with E-state index in [4.69, 9.17) is 4.42 Å². The molecule has 0 aliphatic rings. The lowest BCUT2D eigenvalue weighted by molar-refractivity contribution is 0.575. The average molecular weight is 324 g/mol. The van der Waals surface area contributed by atoms with Gasteiger partial charge < -0.3 is 9.73 Å². The van der Waals surface area contributed by atoms with E-state index in [2.05, 4.69) is 38.1 Å². The van der Waals surface area contributed by atoms with E-state index in [0.29, 0.717) is 5.82 Å². The normalized spacial score (nSPS) is 10.7. The van der Waals surface area contributed by atoms with Crippen LogP contribution in [-0.2, 0) is 6.42 Å². The molecule has 2 rings (SSSR count). The molecular formula is C14H18BrN3O. The van der Waals surface area contributed by atoms with Crippen molar-refractivity contribution in [2.24, 2.45) is 0 Å². The van der Waals surface area contributed by atoms with Gasteiger partial charge in [0.05, 0.1) is 16.4 Å². The molecule has 1 N–H and O–H groups in total. The van der Waals surface area contributed by atoms with Crippen LogP contribution >= 0.6 is 15.9 Å². The van der Waals surface area contributed by atoms with Gasteiger partial charge in [0.25, 0.3) is 0 Å². The zero-order valence-electron chi connectivity index (χ0n) is 11.5. The molecule has 19 heavy (non-hydrogen) atoms. The number of aryl methyl sites for hydroxylation is 2. The third-order valence-electron chi connectivity index (χ3n) is 2.82. The predicted octanol–water partition coefficient (Wildman–Crippen LogP) is 4.19. The highest BCUT2D eigenvalue weighted by Gasteiger charge is 2.15. The van der Waals surface area contributed by atoms with E-state index in [-0.39, 0.29) is 0 Å². The molecule has 102 valence electrons. The molecule has 0 amide bonds. The van der Waals surface area contributed by atoms with Crippen LogP contribution in [0.1, 0.15) is 31.5 Å². The highest BCUT2D eigenvalue weighted by Crippen LogP contribution is 2.29. The maximum Gasteiger partial charge on any atom is 0.198 e. The molecule has 0 aliphatic heterocycles. The Balaban J connectivity index is 2.52. The second-order valence-electron chi connectivity index (χ2n) is 4.37. The molecule has 0 fully saturated rings. The Morgan fingerprint density at radius 1 is 1.32 bits per heavy atom. The van der Waals surface area contributed by atoms with Crippen molar-refractivity contribution in [2.45, 2.75) is 33.6 Å². The highest BCUT2D eigenvalue weighted by atomic mass is 79.9. The molecule has 0 unspecified atom stereocenters. The first kappa shape index (κ1) is 14.1. The van der Waals surface area contributed by atoms with Crippen molar-refractivity contribution in [3.63, 3.8) is 0 Å². The van der Waals surface area contributed by atoms with Crippen molar-refractivity contribution >= 4 is 21.7 Å². The van der Waals surface area contributed by atoms with E-state index in [0.717, 1.165) is 46.7 Å². The molecule has 2 aromatic rings. The third-order valence-corrected chi connectivity index (χ3v) is 3.65. The second kappa shape index (κ2) is 6.19. The van der Waals surface area contributed by atoms with Gasteiger partial charge in [0.2, 0.25) is 0 Å². The van der Waals surface area contributed by atoms with E-state index in [1.807, 2.05) is 19.9 Å². The Labute approximate surface area is 121 Å². The number of nitrogens with zero attached hydrogens (tertiary/aromatic N) is 2. The Kier molecular flexibility index (Phi) is 4.58. The molecule has 2 heterocycles. The molecule has 0 atom stereocenters. The first-order chi connectivity index (χ1) is 9.17. The van der Waals surface area contributed by atoms with Crippen molar-refractivity contribution in [3.05, 3.63) is 28.1 Å². The summed E-state index contributed by atoms with van der Waals surface area (Å²) in [5.41, 5.74) is 2.06. The summed E-state index contributed by atoms with van der Waals surface area (Å²) in [7, 11) is 0. The van der Waals surface area contributed by atoms with Gasteiger partial charge in [0.15, 0.2) is 11.6 Å². The topological polar surface area (TPSA) is 51.0 Å². The fourth-order valence-electron chi connectivity index (χ4n) is 1.88. The van der Waals surface area contributed by atoms with Gasteiger partial charge in [-0.2, -0.15) is 0 Å². The number of aromatic nitrogens is 2. The quantitative estimate of drug-likeness (QED) is 0.896. The Morgan fingerprint density at radius 2 is 2.11 bits per heavy atom. The zero-order chi connectivity index (χ0) is 13.8. The van der Waals surface area contributed by atoms with Crippen molar-refractivity contribution < 1.29 is 4.42 Å². The van der Waals surface area contributed by atoms with Crippen LogP contribution in [-0.4, -0.2) is 16.5 Å². The minimum Gasteiger partial charge on any atom is -0.461 e. The Hall–Kier alpha value is -1.36. The van der Waals surface area contributed by atoms with Gasteiger partial charge in [-0.3, -0.25) is 0 Å². The van der Waals surface area contributed by atoms with Gasteiger partial charge in [-0.05, 0) is 47.8 Å². The van der Waals surface area contributed by atoms with E-state index in [9.17, 15) is 0 Å². The molecule has 0 aromatic carbocycles. The summed E-state index contributed by atoms with van der Waals surface area (Å²) in [6, 6.07) is 1.92. The fourth-order valence-corrected chi connectivity index (χ4v) is 2.40. The van der Waals surface area contributed by atoms with Crippen LogP contribution in [0.25, 0.3) is 11.6 Å². The van der Waals surface area contributed by atoms with Crippen LogP contribution < -0.4 is 5.32 Å². The van der Waals surface area contributed by atoms with Crippen molar-refractivity contribution in [1.29, 1.82) is 0 Å². The van der Waals surface area contributed by atoms with Crippen molar-refractivity contribution in [3.8, 4) is 11.6 Å². The molecule has 2 aromatic heterocycles. The Morgan fingerprint density at radius 3 is 2.68 bits per heavy atom. The number of halogens is 1. The SMILES string of the molecule is CCCc1nc(-c2occc2C)nc(NCC)c1Br. The van der Waals surface area contributed by atoms with Gasteiger partial charge in [-0.25, -0.2) is 9.97 Å². The summed E-state index contributed by atoms with van der Waals surface area (Å²) >= 11 is 3.58. The lowest BCUT2D eigenvalue weighted by Gasteiger charge is -2.11. The van der Waals surface area contributed by atoms with E-state index in [1.165, 1.54) is 0 Å². The van der Waals surface area contributed by atoms with Gasteiger partial charge >= 0.3 is 0 Å². The molecule has 0 bridgehead atoms. The van der Waals surface area contributed by atoms with Crippen LogP contribution in [0.2, 0.25) is 0 Å². The minimum absolute atomic E-state index is 0.644. The van der Waals surface area contributed by atoms with Crippen LogP contribution in [0.5, 0.6) is 0 Å². The van der Waals surface area contributed by atoms with Crippen molar-refractivity contribution in [2.75, 3.05) is 11.9 Å². The van der Waals surface area contributed by atoms with Crippen LogP contribution in [0, 0.1) is 6.92 Å². The smallest absolute Gasteiger partial charge is 0.198 e. The number of hydrogen-bond acceptors (Lipinski definition) is 4. The standard InChI is InChI=1S/C14H18BrN3O/c1-4-6-10-11(15)13(16-5-2)18-14(17-10)12-9(3)7-8-19-12/h7-8H,4-6H2,1-3H3,(H,16,17,18). The van der Waals surface area contributed by atoms with Gasteiger partial charge in [0.1, 0.15) is 5.82 Å². The number of furan rings is 1. The summed E-state index contributed by atoms with van der Waals surface area (Å²) in [6.07, 6.45) is 3.62. The first-order valence-electron chi connectivity index (χ1n) is 6.52. The Bertz CT molecular complexity index is 539. The largest absolute Gasteiger partial charge is 0.461 e. The number of anilines is 1. The van der Waals surface area contributed by atoms with Crippen LogP contribution in [0.4, 0.5) is 5.82 Å². The van der Waals surface area contributed by atoms with Gasteiger partial charge in [-0.1, -0.05) is 13.3 Å². The van der Waals surface area contributed by atoms with E-state index < -0.39 is 0 Å². The summed E-state index contributed by atoms with van der Waals surface area (Å²) in [5.74, 6) is 2.21. The predicted molar refractivity (Wildman–Crippen MR) is 80.3 cm³/mol. The zero-order valence-corrected chi connectivity index (χ0v) is 13.0. The first-order valence-corrected chi connectivity index (χ1v) is 7.31. The summed E-state index contributed by atoms with van der Waals surface area (Å²) < 4.78 is 6.44. The molecular weight excluding hydrogens is 306 g/mol. The summed E-state index contributed by atoms with van der Waals surface area (Å²) in [5, 5.41) is 3.26. The minimum atomic E-state index is 0.644. The molecule has 0 radical (unpaired) electrons. The maximum absolute atomic E-state index is 5.49. The molecule has 5 heteroatoms. The molecule has 0 spiro atoms. The number of rotatable bonds is 5. The van der Waals surface area contributed by atoms with Crippen molar-refractivity contribution in [1.82, 2.24) is 9.97 Å². The number of nitrogens with one attached hydrogen (secondary N) is 1. The third kappa shape index (κ3) is 2.97. The maximum atomic E-state index is 5.49. The number of hydrogen-bond donors (Lipinski definition) is 1. The van der Waals surface area contributed by atoms with Crippen LogP contribution in [0.15, 0.2) is 21.2 Å². The van der Waals surface area contributed by atoms with Gasteiger partial charge in [-0.15, -0.1) is 0 Å². The monoisotopic (exact) mass is 323 g/mol. The lowest BCUT2D eigenvalue weighted by Crippen LogP contribution is -2.06. The summed E-state index contributed by atoms with van der Waals surface area (Å²) in [6.45, 7) is 7.00. The molecule has 0 saturated carbocycles. The average Bonchev–Trinajstić information content (AvgIpc) is 2.81. The second-order valence-corrected chi connectivity index (χ2v) is 5.16. The molecule has 0 aliphatic carbocycles. The highest BCUT2D eigenvalue weighted by molar-refractivity contribution is 9.10.